The van der Waals surface area contributed by atoms with Crippen LogP contribution in [0.5, 0.6) is 11.5 Å². The fraction of sp³-hybridized carbons (Fsp3) is 0.355. The second-order valence-corrected chi connectivity index (χ2v) is 11.9. The van der Waals surface area contributed by atoms with Gasteiger partial charge in [0.25, 0.3) is 0 Å². The third-order valence-electron chi connectivity index (χ3n) is 6.80. The van der Waals surface area contributed by atoms with E-state index in [1.165, 1.54) is 19.3 Å². The van der Waals surface area contributed by atoms with E-state index in [4.69, 9.17) is 9.47 Å². The number of nitrogens with zero attached hydrogens (tertiary/aromatic N) is 1. The van der Waals surface area contributed by atoms with E-state index in [0.29, 0.717) is 6.54 Å². The monoisotopic (exact) mass is 518 g/mol. The highest BCUT2D eigenvalue weighted by atomic mass is 31.2. The number of hydrogen-bond acceptors (Lipinski definition) is 4. The van der Waals surface area contributed by atoms with Gasteiger partial charge < -0.3 is 14.4 Å². The van der Waals surface area contributed by atoms with E-state index in [2.05, 4.69) is 23.8 Å². The molecule has 0 unspecified atom stereocenters. The first-order valence-corrected chi connectivity index (χ1v) is 15.0. The summed E-state index contributed by atoms with van der Waals surface area (Å²) < 4.78 is 26.4. The number of nitrogens with one attached hydrogen (secondary N) is 1. The number of methoxy groups -OCH3 is 2. The molecule has 5 rings (SSSR count). The lowest BCUT2D eigenvalue weighted by Crippen LogP contribution is -2.34. The Balaban J connectivity index is 0.00000102. The van der Waals surface area contributed by atoms with Gasteiger partial charge in [-0.25, -0.2) is 0 Å². The van der Waals surface area contributed by atoms with Gasteiger partial charge >= 0.3 is 0 Å². The molecule has 4 aromatic rings. The van der Waals surface area contributed by atoms with Gasteiger partial charge in [0.15, 0.2) is 0 Å². The van der Waals surface area contributed by atoms with Gasteiger partial charge in [-0.2, -0.15) is 0 Å². The van der Waals surface area contributed by atoms with Gasteiger partial charge in [-0.15, -0.1) is 0 Å². The second-order valence-electron chi connectivity index (χ2n) is 9.44. The SMILES string of the molecule is CCC.COc1ccc(P(=O)(NCCN2CCCC2)c2ccc(OC)c3ccccc23)c2ccccc12. The summed E-state index contributed by atoms with van der Waals surface area (Å²) in [7, 11) is 0.126. The zero-order valence-corrected chi connectivity index (χ0v) is 23.4. The molecule has 37 heavy (non-hydrogen) atoms. The molecule has 1 fully saturated rings. The highest BCUT2D eigenvalue weighted by Crippen LogP contribution is 2.45. The minimum atomic E-state index is -3.22. The number of benzene rings is 4. The molecule has 0 atom stereocenters. The van der Waals surface area contributed by atoms with Gasteiger partial charge in [0.05, 0.1) is 14.2 Å². The van der Waals surface area contributed by atoms with E-state index in [9.17, 15) is 0 Å². The topological polar surface area (TPSA) is 50.8 Å². The predicted octanol–water partition coefficient (Wildman–Crippen LogP) is 6.34. The Hall–Kier alpha value is -2.85. The zero-order chi connectivity index (χ0) is 26.3. The van der Waals surface area contributed by atoms with Crippen molar-refractivity contribution in [2.24, 2.45) is 0 Å². The van der Waals surface area contributed by atoms with Crippen molar-refractivity contribution in [2.45, 2.75) is 33.1 Å². The van der Waals surface area contributed by atoms with Gasteiger partial charge in [-0.05, 0) is 61.0 Å². The maximum atomic E-state index is 15.2. The van der Waals surface area contributed by atoms with E-state index < -0.39 is 7.29 Å². The molecule has 0 saturated carbocycles. The Labute approximate surface area is 221 Å². The van der Waals surface area contributed by atoms with Crippen molar-refractivity contribution in [3.63, 3.8) is 0 Å². The molecule has 1 aliphatic heterocycles. The van der Waals surface area contributed by atoms with Crippen LogP contribution < -0.4 is 25.2 Å². The van der Waals surface area contributed by atoms with Crippen LogP contribution in [0.4, 0.5) is 0 Å². The summed E-state index contributed by atoms with van der Waals surface area (Å²) in [5.41, 5.74) is 0. The first kappa shape index (κ1) is 27.2. The molecule has 1 heterocycles. The van der Waals surface area contributed by atoms with Crippen molar-refractivity contribution in [3.05, 3.63) is 72.8 Å². The Morgan fingerprint density at radius 1 is 0.730 bits per heavy atom. The number of hydrogen-bond donors (Lipinski definition) is 1. The summed E-state index contributed by atoms with van der Waals surface area (Å²) in [6.07, 6.45) is 3.73. The average molecular weight is 519 g/mol. The zero-order valence-electron chi connectivity index (χ0n) is 22.5. The Kier molecular flexibility index (Phi) is 9.26. The Bertz CT molecular complexity index is 1290. The highest BCUT2D eigenvalue weighted by Gasteiger charge is 2.32. The van der Waals surface area contributed by atoms with Gasteiger partial charge in [-0.1, -0.05) is 68.8 Å². The number of rotatable bonds is 8. The molecular weight excluding hydrogens is 479 g/mol. The quantitative estimate of drug-likeness (QED) is 0.276. The van der Waals surface area contributed by atoms with Gasteiger partial charge in [0, 0.05) is 34.5 Å². The van der Waals surface area contributed by atoms with Crippen LogP contribution in [0.2, 0.25) is 0 Å². The second kappa shape index (κ2) is 12.6. The number of ether oxygens (including phenoxy) is 2. The number of fused-ring (bicyclic) bond motifs is 2. The van der Waals surface area contributed by atoms with E-state index >= 15 is 4.57 Å². The first-order chi connectivity index (χ1) is 18.1. The molecule has 1 N–H and O–H groups in total. The van der Waals surface area contributed by atoms with E-state index in [1.807, 2.05) is 72.8 Å². The average Bonchev–Trinajstić information content (AvgIpc) is 3.45. The molecule has 0 amide bonds. The predicted molar refractivity (Wildman–Crippen MR) is 158 cm³/mol. The summed E-state index contributed by atoms with van der Waals surface area (Å²) >= 11 is 0. The standard InChI is InChI=1S/C28H31N2O3P.C3H8/c1-32-25-13-15-27(23-11-5-3-9-21(23)25)34(31,29-17-20-30-18-7-8-19-30)28-16-14-26(33-2)22-10-4-6-12-24(22)28;1-3-2/h3-6,9-16H,7-8,17-20H2,1-2H3,(H,29,31);3H2,1-2H3. The minimum Gasteiger partial charge on any atom is -0.496 e. The summed E-state index contributed by atoms with van der Waals surface area (Å²) in [5.74, 6) is 1.56. The highest BCUT2D eigenvalue weighted by molar-refractivity contribution is 7.77. The van der Waals surface area contributed by atoms with Crippen molar-refractivity contribution in [1.82, 2.24) is 9.99 Å². The Morgan fingerprint density at radius 3 is 1.59 bits per heavy atom. The van der Waals surface area contributed by atoms with Gasteiger partial charge in [0.1, 0.15) is 11.5 Å². The molecule has 0 spiro atoms. The third kappa shape index (κ3) is 5.70. The van der Waals surface area contributed by atoms with Crippen molar-refractivity contribution in [2.75, 3.05) is 40.4 Å². The van der Waals surface area contributed by atoms with Crippen LogP contribution in [-0.4, -0.2) is 45.3 Å². The van der Waals surface area contributed by atoms with E-state index in [-0.39, 0.29) is 0 Å². The molecule has 1 saturated heterocycles. The third-order valence-corrected chi connectivity index (χ3v) is 9.61. The first-order valence-electron chi connectivity index (χ1n) is 13.3. The van der Waals surface area contributed by atoms with Crippen LogP contribution >= 0.6 is 7.29 Å². The molecule has 0 radical (unpaired) electrons. The van der Waals surface area contributed by atoms with Crippen LogP contribution in [0, 0.1) is 0 Å². The Morgan fingerprint density at radius 2 is 1.16 bits per heavy atom. The molecule has 196 valence electrons. The number of likely N-dealkylation sites (tertiary alicyclic amines) is 1. The van der Waals surface area contributed by atoms with Gasteiger partial charge in [-0.3, -0.25) is 9.65 Å². The fourth-order valence-electron chi connectivity index (χ4n) is 5.09. The van der Waals surface area contributed by atoms with Crippen molar-refractivity contribution >= 4 is 39.4 Å². The van der Waals surface area contributed by atoms with Crippen molar-refractivity contribution in [3.8, 4) is 11.5 Å². The molecular formula is C31H39N2O3P. The van der Waals surface area contributed by atoms with E-state index in [1.54, 1.807) is 14.2 Å². The van der Waals surface area contributed by atoms with Gasteiger partial charge in [0.2, 0.25) is 7.29 Å². The molecule has 5 nitrogen and oxygen atoms in total. The van der Waals surface area contributed by atoms with E-state index in [0.717, 1.165) is 63.3 Å². The van der Waals surface area contributed by atoms with Crippen LogP contribution in [-0.2, 0) is 4.57 Å². The van der Waals surface area contributed by atoms with Crippen molar-refractivity contribution < 1.29 is 14.0 Å². The molecule has 6 heteroatoms. The lowest BCUT2D eigenvalue weighted by Gasteiger charge is -2.26. The lowest BCUT2D eigenvalue weighted by atomic mass is 10.1. The molecule has 0 aromatic heterocycles. The van der Waals surface area contributed by atoms with Crippen molar-refractivity contribution in [1.29, 1.82) is 0 Å². The molecule has 4 aromatic carbocycles. The summed E-state index contributed by atoms with van der Waals surface area (Å²) in [4.78, 5) is 2.44. The van der Waals surface area contributed by atoms with Crippen LogP contribution in [0.3, 0.4) is 0 Å². The summed E-state index contributed by atoms with van der Waals surface area (Å²) in [5, 5.41) is 8.97. The van der Waals surface area contributed by atoms with Crippen LogP contribution in [0.1, 0.15) is 33.1 Å². The summed E-state index contributed by atoms with van der Waals surface area (Å²) in [6, 6.07) is 23.9. The minimum absolute atomic E-state index is 0.651. The normalized spacial score (nSPS) is 13.9. The van der Waals surface area contributed by atoms with Crippen LogP contribution in [0.15, 0.2) is 72.8 Å². The lowest BCUT2D eigenvalue weighted by molar-refractivity contribution is 0.344. The largest absolute Gasteiger partial charge is 0.496 e. The summed E-state index contributed by atoms with van der Waals surface area (Å²) in [6.45, 7) is 8.01. The fourth-order valence-corrected chi connectivity index (χ4v) is 7.74. The van der Waals surface area contributed by atoms with Crippen LogP contribution in [0.25, 0.3) is 21.5 Å². The molecule has 0 aliphatic carbocycles. The molecule has 0 bridgehead atoms. The smallest absolute Gasteiger partial charge is 0.205 e. The maximum Gasteiger partial charge on any atom is 0.205 e. The maximum absolute atomic E-state index is 15.2. The molecule has 1 aliphatic rings.